The number of nitrogens with one attached hydrogen (secondary N) is 1. The molecule has 0 saturated heterocycles. The summed E-state index contributed by atoms with van der Waals surface area (Å²) in [5, 5.41) is 5.99. The third kappa shape index (κ3) is 7.27. The summed E-state index contributed by atoms with van der Waals surface area (Å²) in [5.74, 6) is 0.107. The summed E-state index contributed by atoms with van der Waals surface area (Å²) in [6.07, 6.45) is 5.04. The first kappa shape index (κ1) is 23.6. The van der Waals surface area contributed by atoms with Crippen LogP contribution in [0.3, 0.4) is 0 Å². The minimum atomic E-state index is -0.611. The number of benzene rings is 2. The van der Waals surface area contributed by atoms with E-state index in [0.29, 0.717) is 11.4 Å². The lowest BCUT2D eigenvalue weighted by molar-refractivity contribution is 0.399. The molecule has 1 aromatic heterocycles. The van der Waals surface area contributed by atoms with Crippen molar-refractivity contribution in [1.82, 2.24) is 9.97 Å². The molecule has 0 amide bonds. The van der Waals surface area contributed by atoms with E-state index in [1.54, 1.807) is 24.8 Å². The van der Waals surface area contributed by atoms with Crippen LogP contribution in [0.2, 0.25) is 0 Å². The first-order chi connectivity index (χ1) is 14.8. The van der Waals surface area contributed by atoms with E-state index in [9.17, 15) is 9.12 Å². The quantitative estimate of drug-likeness (QED) is 0.432. The molecule has 0 radical (unpaired) electrons. The Bertz CT molecular complexity index is 1080. The topological polar surface area (TPSA) is 132 Å². The van der Waals surface area contributed by atoms with Crippen LogP contribution in [0.15, 0.2) is 58.7 Å². The van der Waals surface area contributed by atoms with Crippen LogP contribution in [0.25, 0.3) is 0 Å². The molecule has 3 aromatic rings. The van der Waals surface area contributed by atoms with Gasteiger partial charge in [0.1, 0.15) is 0 Å². The van der Waals surface area contributed by atoms with E-state index in [0.717, 1.165) is 5.56 Å². The third-order valence-corrected chi connectivity index (χ3v) is 3.74. The number of aromatic nitrogens is 2. The number of methoxy groups -OCH3 is 1. The highest BCUT2D eigenvalue weighted by atomic mass is 32.2. The molecule has 162 valence electrons. The molecule has 3 rings (SSSR count). The molecule has 31 heavy (non-hydrogen) atoms. The molecular formula is C21H24N6O3S. The smallest absolute Gasteiger partial charge is 0.250 e. The molecule has 0 atom stereocenters. The maximum atomic E-state index is 11.2. The second-order valence-corrected chi connectivity index (χ2v) is 7.92. The largest absolute Gasteiger partial charge is 0.479 e. The number of para-hydroxylation sites is 2. The van der Waals surface area contributed by atoms with Gasteiger partial charge in [-0.05, 0) is 29.8 Å². The van der Waals surface area contributed by atoms with Crippen molar-refractivity contribution in [3.63, 3.8) is 0 Å². The van der Waals surface area contributed by atoms with Crippen molar-refractivity contribution >= 4 is 45.8 Å². The molecule has 0 aliphatic carbocycles. The number of aryl methyl sites for hydroxylation is 1. The highest BCUT2D eigenvalue weighted by molar-refractivity contribution is 7.83. The predicted octanol–water partition coefficient (Wildman–Crippen LogP) is 4.26. The Labute approximate surface area is 183 Å². The van der Waals surface area contributed by atoms with E-state index in [1.807, 2.05) is 49.4 Å². The first-order valence-electron chi connectivity index (χ1n) is 9.10. The molecule has 10 heteroatoms. The van der Waals surface area contributed by atoms with Crippen molar-refractivity contribution in [2.45, 2.75) is 6.92 Å². The summed E-state index contributed by atoms with van der Waals surface area (Å²) in [4.78, 5) is 23.6. The summed E-state index contributed by atoms with van der Waals surface area (Å²) in [7, 11) is 0.764. The Hall–Kier alpha value is -3.66. The summed E-state index contributed by atoms with van der Waals surface area (Å²) >= 11 is 0. The highest BCUT2D eigenvalue weighted by Gasteiger charge is 2.16. The zero-order valence-corrected chi connectivity index (χ0v) is 18.5. The van der Waals surface area contributed by atoms with Gasteiger partial charge in [0.05, 0.1) is 18.5 Å². The fraction of sp³-hybridized carbons (Fsp3) is 0.190. The van der Waals surface area contributed by atoms with E-state index in [2.05, 4.69) is 25.5 Å². The number of ether oxygens (including phenoxy) is 1. The van der Waals surface area contributed by atoms with Gasteiger partial charge in [0.2, 0.25) is 11.6 Å². The van der Waals surface area contributed by atoms with Crippen LogP contribution in [0.5, 0.6) is 5.88 Å². The van der Waals surface area contributed by atoms with Crippen LogP contribution in [0.1, 0.15) is 11.1 Å². The van der Waals surface area contributed by atoms with E-state index >= 15 is 0 Å². The van der Waals surface area contributed by atoms with Gasteiger partial charge in [0.15, 0.2) is 5.82 Å². The number of nitrogen functional groups attached to an aromatic ring is 1. The van der Waals surface area contributed by atoms with Crippen LogP contribution in [0.4, 0.5) is 28.8 Å². The summed E-state index contributed by atoms with van der Waals surface area (Å²) < 4.78 is 14.6. The number of hydrogen-bond acceptors (Lipinski definition) is 9. The van der Waals surface area contributed by atoms with Gasteiger partial charge in [-0.15, -0.1) is 4.91 Å². The lowest BCUT2D eigenvalue weighted by Gasteiger charge is -2.11. The zero-order valence-electron chi connectivity index (χ0n) is 17.7. The zero-order chi connectivity index (χ0) is 22.8. The summed E-state index contributed by atoms with van der Waals surface area (Å²) in [6, 6.07) is 15.3. The van der Waals surface area contributed by atoms with Gasteiger partial charge in [-0.25, -0.2) is 0 Å². The van der Waals surface area contributed by atoms with Gasteiger partial charge >= 0.3 is 0 Å². The van der Waals surface area contributed by atoms with Gasteiger partial charge in [-0.2, -0.15) is 9.97 Å². The number of nitrogens with two attached hydrogens (primary N) is 1. The molecule has 0 bridgehead atoms. The van der Waals surface area contributed by atoms with Gasteiger partial charge in [0, 0.05) is 29.5 Å². The molecule has 1 heterocycles. The Morgan fingerprint density at radius 1 is 1.10 bits per heavy atom. The van der Waals surface area contributed by atoms with Crippen molar-refractivity contribution in [1.29, 1.82) is 0 Å². The number of nitrogens with zero attached hydrogens (tertiary/aromatic N) is 4. The molecule has 0 saturated carbocycles. The van der Waals surface area contributed by atoms with Crippen molar-refractivity contribution < 1.29 is 8.95 Å². The molecule has 0 aliphatic rings. The predicted molar refractivity (Wildman–Crippen MR) is 127 cm³/mol. The fourth-order valence-corrected chi connectivity index (χ4v) is 2.38. The Morgan fingerprint density at radius 3 is 2.35 bits per heavy atom. The van der Waals surface area contributed by atoms with Crippen LogP contribution < -0.4 is 15.8 Å². The second kappa shape index (κ2) is 11.5. The highest BCUT2D eigenvalue weighted by Crippen LogP contribution is 2.36. The number of anilines is 3. The molecule has 0 aliphatic heterocycles. The SMILES string of the molecule is COc1nc(N)nc(Nc2ccccc2N=Cc2ccc(C)cc2)c1N=O.CS(C)=O. The van der Waals surface area contributed by atoms with Gasteiger partial charge < -0.3 is 15.8 Å². The van der Waals surface area contributed by atoms with E-state index in [-0.39, 0.29) is 23.3 Å². The molecule has 0 fully saturated rings. The lowest BCUT2D eigenvalue weighted by Crippen LogP contribution is -2.03. The van der Waals surface area contributed by atoms with Gasteiger partial charge in [-0.3, -0.25) is 9.20 Å². The van der Waals surface area contributed by atoms with Crippen LogP contribution in [-0.4, -0.2) is 40.0 Å². The Balaban J connectivity index is 0.000000785. The van der Waals surface area contributed by atoms with E-state index in [1.165, 1.54) is 12.7 Å². The van der Waals surface area contributed by atoms with E-state index < -0.39 is 10.8 Å². The molecule has 2 aromatic carbocycles. The maximum Gasteiger partial charge on any atom is 0.250 e. The van der Waals surface area contributed by atoms with Gasteiger partial charge in [0.25, 0.3) is 5.88 Å². The molecular weight excluding hydrogens is 416 g/mol. The number of nitroso groups, excluding NO2 is 1. The lowest BCUT2D eigenvalue weighted by atomic mass is 10.2. The fourth-order valence-electron chi connectivity index (χ4n) is 2.38. The van der Waals surface area contributed by atoms with Crippen LogP contribution in [0, 0.1) is 11.8 Å². The minimum Gasteiger partial charge on any atom is -0.479 e. The van der Waals surface area contributed by atoms with E-state index in [4.69, 9.17) is 10.5 Å². The molecule has 3 N–H and O–H groups in total. The van der Waals surface area contributed by atoms with Crippen LogP contribution >= 0.6 is 0 Å². The second-order valence-electron chi connectivity index (χ2n) is 6.43. The average molecular weight is 441 g/mol. The van der Waals surface area contributed by atoms with Crippen molar-refractivity contribution in [2.24, 2.45) is 10.2 Å². The summed E-state index contributed by atoms with van der Waals surface area (Å²) in [6.45, 7) is 2.03. The minimum absolute atomic E-state index is 0.000591. The maximum absolute atomic E-state index is 11.2. The van der Waals surface area contributed by atoms with Crippen molar-refractivity contribution in [3.05, 3.63) is 64.6 Å². The Morgan fingerprint density at radius 2 is 1.74 bits per heavy atom. The molecule has 0 spiro atoms. The molecule has 0 unspecified atom stereocenters. The standard InChI is InChI=1S/C19H18N6O2.C2H6OS/c1-12-7-9-13(10-8-12)11-21-14-5-3-4-6-15(14)22-17-16(25-26)18(27-2)24-19(20)23-17;1-4(2)3/h3-11H,1-2H3,(H3,20,22,23,24);1-2H3. The Kier molecular flexibility index (Phi) is 8.77. The summed E-state index contributed by atoms with van der Waals surface area (Å²) in [5.41, 5.74) is 9.05. The van der Waals surface area contributed by atoms with Crippen LogP contribution in [-0.2, 0) is 10.8 Å². The monoisotopic (exact) mass is 440 g/mol. The average Bonchev–Trinajstić information content (AvgIpc) is 2.73. The van der Waals surface area contributed by atoms with Crippen molar-refractivity contribution in [3.8, 4) is 5.88 Å². The number of hydrogen-bond donors (Lipinski definition) is 2. The number of aliphatic imine (C=N–C) groups is 1. The first-order valence-corrected chi connectivity index (χ1v) is 11.1. The van der Waals surface area contributed by atoms with Gasteiger partial charge in [-0.1, -0.05) is 42.0 Å². The third-order valence-electron chi connectivity index (χ3n) is 3.74. The normalized spacial score (nSPS) is 10.5. The molecule has 9 nitrogen and oxygen atoms in total. The van der Waals surface area contributed by atoms with Crippen molar-refractivity contribution in [2.75, 3.05) is 30.7 Å². The number of rotatable bonds is 6.